The lowest BCUT2D eigenvalue weighted by Gasteiger charge is -2.11. The van der Waals surface area contributed by atoms with Gasteiger partial charge in [-0.3, -0.25) is 4.79 Å². The van der Waals surface area contributed by atoms with Gasteiger partial charge in [0.15, 0.2) is 0 Å². The number of carbonyl (C=O) groups is 1. The lowest BCUT2D eigenvalue weighted by molar-refractivity contribution is -0.114. The number of benzene rings is 2. The number of fused-ring (bicyclic) bond motifs is 1. The molecule has 1 amide bonds. The van der Waals surface area contributed by atoms with Gasteiger partial charge in [0.25, 0.3) is 0 Å². The summed E-state index contributed by atoms with van der Waals surface area (Å²) in [5, 5.41) is 3.23. The Labute approximate surface area is 155 Å². The fourth-order valence-electron chi connectivity index (χ4n) is 2.38. The monoisotopic (exact) mass is 391 g/mol. The molecule has 2 N–H and O–H groups in total. The number of thiazole rings is 1. The summed E-state index contributed by atoms with van der Waals surface area (Å²) in [6.07, 6.45) is 0. The van der Waals surface area contributed by atoms with Crippen molar-refractivity contribution in [3.8, 4) is 5.75 Å². The quantitative estimate of drug-likeness (QED) is 0.673. The van der Waals surface area contributed by atoms with Crippen molar-refractivity contribution in [2.24, 2.45) is 0 Å². The fraction of sp³-hybridized carbons (Fsp3) is 0.176. The molecule has 0 bridgehead atoms. The molecular formula is C17H17N3O4S2. The molecule has 9 heteroatoms. The van der Waals surface area contributed by atoms with Gasteiger partial charge in [0, 0.05) is 6.92 Å². The number of sulfonamides is 1. The van der Waals surface area contributed by atoms with Crippen LogP contribution in [-0.4, -0.2) is 26.4 Å². The summed E-state index contributed by atoms with van der Waals surface area (Å²) < 4.78 is 33.8. The summed E-state index contributed by atoms with van der Waals surface area (Å²) in [7, 11) is -2.32. The van der Waals surface area contributed by atoms with Gasteiger partial charge < -0.3 is 10.1 Å². The van der Waals surface area contributed by atoms with Crippen LogP contribution in [0.15, 0.2) is 47.4 Å². The summed E-state index contributed by atoms with van der Waals surface area (Å²) in [4.78, 5) is 15.7. The molecule has 0 aliphatic heterocycles. The smallest absolute Gasteiger partial charge is 0.241 e. The molecule has 0 saturated heterocycles. The van der Waals surface area contributed by atoms with E-state index in [1.54, 1.807) is 0 Å². The standard InChI is InChI=1S/C17H17N3O4S2/c1-11(21)19-14-9-12(7-8-15(14)24-2)26(22,23)18-10-17-20-13-5-3-4-6-16(13)25-17/h3-9,18H,10H2,1-2H3,(H,19,21). The third kappa shape index (κ3) is 4.01. The lowest BCUT2D eigenvalue weighted by atomic mass is 10.3. The number of hydrogen-bond donors (Lipinski definition) is 2. The molecule has 1 heterocycles. The van der Waals surface area contributed by atoms with E-state index in [-0.39, 0.29) is 17.3 Å². The number of nitrogens with zero attached hydrogens (tertiary/aromatic N) is 1. The molecule has 0 spiro atoms. The maximum absolute atomic E-state index is 12.6. The SMILES string of the molecule is COc1ccc(S(=O)(=O)NCc2nc3ccccc3s2)cc1NC(C)=O. The van der Waals surface area contributed by atoms with Crippen molar-refractivity contribution in [1.29, 1.82) is 0 Å². The number of rotatable bonds is 6. The van der Waals surface area contributed by atoms with Crippen LogP contribution < -0.4 is 14.8 Å². The number of ether oxygens (including phenoxy) is 1. The van der Waals surface area contributed by atoms with Gasteiger partial charge >= 0.3 is 0 Å². The van der Waals surface area contributed by atoms with Crippen molar-refractivity contribution in [2.45, 2.75) is 18.4 Å². The number of para-hydroxylation sites is 1. The topological polar surface area (TPSA) is 97.4 Å². The van der Waals surface area contributed by atoms with Crippen molar-refractivity contribution >= 4 is 43.2 Å². The van der Waals surface area contributed by atoms with Gasteiger partial charge in [-0.2, -0.15) is 0 Å². The minimum Gasteiger partial charge on any atom is -0.495 e. The second-order valence-corrected chi connectivity index (χ2v) is 8.33. The highest BCUT2D eigenvalue weighted by atomic mass is 32.2. The van der Waals surface area contributed by atoms with Crippen LogP contribution in [0.4, 0.5) is 5.69 Å². The van der Waals surface area contributed by atoms with Crippen molar-refractivity contribution in [2.75, 3.05) is 12.4 Å². The predicted molar refractivity (Wildman–Crippen MR) is 101 cm³/mol. The van der Waals surface area contributed by atoms with Gasteiger partial charge in [0.2, 0.25) is 15.9 Å². The first kappa shape index (κ1) is 18.3. The first-order chi connectivity index (χ1) is 12.4. The highest BCUT2D eigenvalue weighted by molar-refractivity contribution is 7.89. The highest BCUT2D eigenvalue weighted by Gasteiger charge is 2.18. The maximum Gasteiger partial charge on any atom is 0.241 e. The molecule has 0 aliphatic rings. The molecule has 0 aliphatic carbocycles. The van der Waals surface area contributed by atoms with Gasteiger partial charge in [-0.05, 0) is 30.3 Å². The maximum atomic E-state index is 12.6. The summed E-state index contributed by atoms with van der Waals surface area (Å²) in [6.45, 7) is 1.43. The van der Waals surface area contributed by atoms with E-state index in [9.17, 15) is 13.2 Å². The molecule has 0 fully saturated rings. The Bertz CT molecular complexity index is 1030. The Morgan fingerprint density at radius 1 is 1.23 bits per heavy atom. The zero-order valence-electron chi connectivity index (χ0n) is 14.1. The van der Waals surface area contributed by atoms with E-state index >= 15 is 0 Å². The van der Waals surface area contributed by atoms with Crippen molar-refractivity contribution in [3.05, 3.63) is 47.5 Å². The fourth-order valence-corrected chi connectivity index (χ4v) is 4.39. The first-order valence-corrected chi connectivity index (χ1v) is 9.99. The van der Waals surface area contributed by atoms with E-state index in [1.165, 1.54) is 43.6 Å². The molecule has 26 heavy (non-hydrogen) atoms. The van der Waals surface area contributed by atoms with Crippen molar-refractivity contribution < 1.29 is 17.9 Å². The number of amides is 1. The zero-order valence-corrected chi connectivity index (χ0v) is 15.8. The minimum absolute atomic E-state index is 0.0307. The van der Waals surface area contributed by atoms with Crippen LogP contribution in [0.25, 0.3) is 10.2 Å². The zero-order chi connectivity index (χ0) is 18.7. The average molecular weight is 391 g/mol. The predicted octanol–water partition coefficient (Wildman–Crippen LogP) is 2.74. The van der Waals surface area contributed by atoms with Crippen LogP contribution in [0, 0.1) is 0 Å². The number of carbonyl (C=O) groups excluding carboxylic acids is 1. The molecular weight excluding hydrogens is 374 g/mol. The second-order valence-electron chi connectivity index (χ2n) is 5.44. The number of nitrogens with one attached hydrogen (secondary N) is 2. The normalized spacial score (nSPS) is 11.5. The number of anilines is 1. The van der Waals surface area contributed by atoms with Crippen molar-refractivity contribution in [1.82, 2.24) is 9.71 Å². The molecule has 0 saturated carbocycles. The van der Waals surface area contributed by atoms with Crippen LogP contribution in [-0.2, 0) is 21.4 Å². The van der Waals surface area contributed by atoms with E-state index in [1.807, 2.05) is 24.3 Å². The number of hydrogen-bond acceptors (Lipinski definition) is 6. The molecule has 0 radical (unpaired) electrons. The van der Waals surface area contributed by atoms with Crippen LogP contribution in [0.2, 0.25) is 0 Å². The highest BCUT2D eigenvalue weighted by Crippen LogP contribution is 2.28. The Morgan fingerprint density at radius 2 is 2.00 bits per heavy atom. The van der Waals surface area contributed by atoms with Crippen LogP contribution in [0.3, 0.4) is 0 Å². The Morgan fingerprint density at radius 3 is 2.69 bits per heavy atom. The molecule has 136 valence electrons. The average Bonchev–Trinajstić information content (AvgIpc) is 3.02. The molecule has 2 aromatic carbocycles. The second kappa shape index (κ2) is 7.40. The Hall–Kier alpha value is -2.49. The molecule has 3 rings (SSSR count). The summed E-state index contributed by atoms with van der Waals surface area (Å²) in [6, 6.07) is 11.9. The Kier molecular flexibility index (Phi) is 5.21. The summed E-state index contributed by atoms with van der Waals surface area (Å²) in [5.41, 5.74) is 1.13. The third-order valence-electron chi connectivity index (χ3n) is 3.54. The molecule has 1 aromatic heterocycles. The van der Waals surface area contributed by atoms with E-state index in [2.05, 4.69) is 15.0 Å². The minimum atomic E-state index is -3.77. The van der Waals surface area contributed by atoms with Crippen LogP contribution in [0.1, 0.15) is 11.9 Å². The van der Waals surface area contributed by atoms with Gasteiger partial charge in [-0.15, -0.1) is 11.3 Å². The summed E-state index contributed by atoms with van der Waals surface area (Å²) in [5.74, 6) is 0.0607. The van der Waals surface area contributed by atoms with Gasteiger partial charge in [-0.25, -0.2) is 18.1 Å². The summed E-state index contributed by atoms with van der Waals surface area (Å²) >= 11 is 1.44. The Balaban J connectivity index is 1.82. The van der Waals surface area contributed by atoms with Gasteiger partial charge in [-0.1, -0.05) is 12.1 Å². The largest absolute Gasteiger partial charge is 0.495 e. The van der Waals surface area contributed by atoms with E-state index in [0.717, 1.165) is 10.2 Å². The van der Waals surface area contributed by atoms with E-state index in [0.29, 0.717) is 16.4 Å². The van der Waals surface area contributed by atoms with Crippen molar-refractivity contribution in [3.63, 3.8) is 0 Å². The van der Waals surface area contributed by atoms with E-state index < -0.39 is 10.0 Å². The number of aromatic nitrogens is 1. The van der Waals surface area contributed by atoms with Gasteiger partial charge in [0.05, 0.1) is 34.5 Å². The third-order valence-corrected chi connectivity index (χ3v) is 5.98. The number of methoxy groups -OCH3 is 1. The van der Waals surface area contributed by atoms with Gasteiger partial charge in [0.1, 0.15) is 10.8 Å². The van der Waals surface area contributed by atoms with E-state index in [4.69, 9.17) is 4.74 Å². The lowest BCUT2D eigenvalue weighted by Crippen LogP contribution is -2.23. The molecule has 7 nitrogen and oxygen atoms in total. The van der Waals surface area contributed by atoms with Crippen LogP contribution >= 0.6 is 11.3 Å². The molecule has 0 unspecified atom stereocenters. The first-order valence-electron chi connectivity index (χ1n) is 7.69. The molecule has 3 aromatic rings. The molecule has 0 atom stereocenters. The van der Waals surface area contributed by atoms with Crippen LogP contribution in [0.5, 0.6) is 5.75 Å².